The summed E-state index contributed by atoms with van der Waals surface area (Å²) in [7, 11) is 0. The van der Waals surface area contributed by atoms with Crippen LogP contribution >= 0.6 is 0 Å². The quantitative estimate of drug-likeness (QED) is 0.772. The summed E-state index contributed by atoms with van der Waals surface area (Å²) in [6.45, 7) is 4.60. The van der Waals surface area contributed by atoms with Gasteiger partial charge in [0, 0.05) is 18.8 Å². The highest BCUT2D eigenvalue weighted by Gasteiger charge is 2.21. The molecule has 84 valence electrons. The van der Waals surface area contributed by atoms with Crippen LogP contribution in [0.1, 0.15) is 31.7 Å². The van der Waals surface area contributed by atoms with Crippen LogP contribution in [0.4, 0.5) is 5.69 Å². The average Bonchev–Trinajstić information content (AvgIpc) is 2.78. The summed E-state index contributed by atoms with van der Waals surface area (Å²) >= 11 is 0. The summed E-state index contributed by atoms with van der Waals surface area (Å²) in [6, 6.07) is 10.1. The highest BCUT2D eigenvalue weighted by atomic mass is 15.1. The van der Waals surface area contributed by atoms with Crippen LogP contribution in [0.15, 0.2) is 24.3 Å². The molecular formula is C14H18N2. The van der Waals surface area contributed by atoms with Crippen molar-refractivity contribution in [1.29, 1.82) is 5.26 Å². The smallest absolute Gasteiger partial charge is 0.0991 e. The third-order valence-electron chi connectivity index (χ3n) is 3.34. The molecule has 0 radical (unpaired) electrons. The molecule has 2 rings (SSSR count). The second kappa shape index (κ2) is 5.03. The van der Waals surface area contributed by atoms with Gasteiger partial charge in [0.25, 0.3) is 0 Å². The number of anilines is 1. The summed E-state index contributed by atoms with van der Waals surface area (Å²) in [5, 5.41) is 8.74. The van der Waals surface area contributed by atoms with E-state index >= 15 is 0 Å². The zero-order chi connectivity index (χ0) is 11.4. The van der Waals surface area contributed by atoms with Gasteiger partial charge in [0.1, 0.15) is 0 Å². The first-order valence-electron chi connectivity index (χ1n) is 6.08. The lowest BCUT2D eigenvalue weighted by molar-refractivity contribution is 0.530. The number of benzene rings is 1. The molecule has 0 aliphatic carbocycles. The van der Waals surface area contributed by atoms with Crippen LogP contribution in [0.2, 0.25) is 0 Å². The van der Waals surface area contributed by atoms with Crippen molar-refractivity contribution in [2.45, 2.75) is 26.2 Å². The van der Waals surface area contributed by atoms with Crippen LogP contribution in [0, 0.1) is 17.2 Å². The molecule has 1 aromatic rings. The fourth-order valence-electron chi connectivity index (χ4n) is 2.46. The van der Waals surface area contributed by atoms with Gasteiger partial charge in [-0.2, -0.15) is 5.26 Å². The normalized spacial score (nSPS) is 19.8. The van der Waals surface area contributed by atoms with Crippen molar-refractivity contribution in [2.24, 2.45) is 5.92 Å². The van der Waals surface area contributed by atoms with E-state index in [-0.39, 0.29) is 0 Å². The van der Waals surface area contributed by atoms with Gasteiger partial charge < -0.3 is 4.90 Å². The number of nitriles is 1. The lowest BCUT2D eigenvalue weighted by Crippen LogP contribution is -2.19. The molecule has 1 aromatic carbocycles. The Kier molecular flexibility index (Phi) is 3.46. The summed E-state index contributed by atoms with van der Waals surface area (Å²) in [6.07, 6.45) is 3.94. The Labute approximate surface area is 97.5 Å². The summed E-state index contributed by atoms with van der Waals surface area (Å²) in [5.41, 5.74) is 2.01. The van der Waals surface area contributed by atoms with Gasteiger partial charge in [-0.05, 0) is 43.0 Å². The third-order valence-corrected chi connectivity index (χ3v) is 3.34. The first-order chi connectivity index (χ1) is 7.83. The van der Waals surface area contributed by atoms with Crippen LogP contribution in [-0.2, 0) is 0 Å². The van der Waals surface area contributed by atoms with Crippen LogP contribution in [0.25, 0.3) is 0 Å². The molecule has 1 heterocycles. The molecule has 1 aliphatic rings. The minimum atomic E-state index is 0.744. The minimum absolute atomic E-state index is 0.744. The molecule has 1 atom stereocenters. The lowest BCUT2D eigenvalue weighted by atomic mass is 10.0. The van der Waals surface area contributed by atoms with E-state index < -0.39 is 0 Å². The van der Waals surface area contributed by atoms with Crippen molar-refractivity contribution in [3.63, 3.8) is 0 Å². The Bertz CT molecular complexity index is 375. The Morgan fingerprint density at radius 3 is 2.75 bits per heavy atom. The average molecular weight is 214 g/mol. The van der Waals surface area contributed by atoms with E-state index in [1.165, 1.54) is 31.5 Å². The van der Waals surface area contributed by atoms with Crippen molar-refractivity contribution >= 4 is 5.69 Å². The lowest BCUT2D eigenvalue weighted by Gasteiger charge is -2.18. The molecule has 0 bridgehead atoms. The molecule has 1 unspecified atom stereocenters. The van der Waals surface area contributed by atoms with Crippen molar-refractivity contribution < 1.29 is 0 Å². The van der Waals surface area contributed by atoms with Gasteiger partial charge in [-0.1, -0.05) is 13.3 Å². The Balaban J connectivity index is 2.00. The van der Waals surface area contributed by atoms with E-state index in [2.05, 4.69) is 30.0 Å². The van der Waals surface area contributed by atoms with E-state index in [0.717, 1.165) is 18.0 Å². The second-order valence-electron chi connectivity index (χ2n) is 4.55. The van der Waals surface area contributed by atoms with Crippen LogP contribution < -0.4 is 4.90 Å². The van der Waals surface area contributed by atoms with Crippen LogP contribution in [0.3, 0.4) is 0 Å². The molecule has 2 heteroatoms. The van der Waals surface area contributed by atoms with Gasteiger partial charge >= 0.3 is 0 Å². The van der Waals surface area contributed by atoms with Crippen molar-refractivity contribution in [2.75, 3.05) is 18.0 Å². The maximum absolute atomic E-state index is 8.74. The van der Waals surface area contributed by atoms with Crippen molar-refractivity contribution in [3.8, 4) is 6.07 Å². The maximum Gasteiger partial charge on any atom is 0.0991 e. The summed E-state index contributed by atoms with van der Waals surface area (Å²) in [5.74, 6) is 0.862. The first kappa shape index (κ1) is 11.0. The predicted octanol–water partition coefficient (Wildman–Crippen LogP) is 3.18. The van der Waals surface area contributed by atoms with Gasteiger partial charge in [-0.25, -0.2) is 0 Å². The van der Waals surface area contributed by atoms with E-state index in [4.69, 9.17) is 5.26 Å². The summed E-state index contributed by atoms with van der Waals surface area (Å²) in [4.78, 5) is 2.43. The second-order valence-corrected chi connectivity index (χ2v) is 4.55. The first-order valence-corrected chi connectivity index (χ1v) is 6.08. The van der Waals surface area contributed by atoms with Crippen molar-refractivity contribution in [3.05, 3.63) is 29.8 Å². The largest absolute Gasteiger partial charge is 0.371 e. The minimum Gasteiger partial charge on any atom is -0.371 e. The molecule has 0 N–H and O–H groups in total. The molecule has 1 aliphatic heterocycles. The maximum atomic E-state index is 8.74. The molecular weight excluding hydrogens is 196 g/mol. The number of rotatable bonds is 3. The summed E-state index contributed by atoms with van der Waals surface area (Å²) < 4.78 is 0. The van der Waals surface area contributed by atoms with E-state index in [1.807, 2.05) is 12.1 Å². The predicted molar refractivity (Wildman–Crippen MR) is 66.4 cm³/mol. The molecule has 1 saturated heterocycles. The van der Waals surface area contributed by atoms with E-state index in [9.17, 15) is 0 Å². The fraction of sp³-hybridized carbons (Fsp3) is 0.500. The van der Waals surface area contributed by atoms with Gasteiger partial charge in [0.05, 0.1) is 11.6 Å². The standard InChI is InChI=1S/C14H18N2/c1-2-3-13-8-9-16(11-13)14-6-4-12(10-15)5-7-14/h4-7,13H,2-3,8-9,11H2,1H3. The number of nitrogens with zero attached hydrogens (tertiary/aromatic N) is 2. The van der Waals surface area contributed by atoms with Gasteiger partial charge in [0.15, 0.2) is 0 Å². The van der Waals surface area contributed by atoms with Gasteiger partial charge in [0.2, 0.25) is 0 Å². The van der Waals surface area contributed by atoms with E-state index in [0.29, 0.717) is 0 Å². The van der Waals surface area contributed by atoms with Crippen LogP contribution in [-0.4, -0.2) is 13.1 Å². The van der Waals surface area contributed by atoms with E-state index in [1.54, 1.807) is 0 Å². The molecule has 1 fully saturated rings. The van der Waals surface area contributed by atoms with Gasteiger partial charge in [-0.3, -0.25) is 0 Å². The molecule has 0 spiro atoms. The highest BCUT2D eigenvalue weighted by molar-refractivity contribution is 5.50. The monoisotopic (exact) mass is 214 g/mol. The third kappa shape index (κ3) is 2.36. The number of hydrogen-bond acceptors (Lipinski definition) is 2. The zero-order valence-corrected chi connectivity index (χ0v) is 9.82. The molecule has 0 amide bonds. The molecule has 0 saturated carbocycles. The molecule has 16 heavy (non-hydrogen) atoms. The Hall–Kier alpha value is -1.49. The Morgan fingerprint density at radius 1 is 1.38 bits per heavy atom. The zero-order valence-electron chi connectivity index (χ0n) is 9.82. The fourth-order valence-corrected chi connectivity index (χ4v) is 2.46. The van der Waals surface area contributed by atoms with Crippen LogP contribution in [0.5, 0.6) is 0 Å². The van der Waals surface area contributed by atoms with Crippen molar-refractivity contribution in [1.82, 2.24) is 0 Å². The SMILES string of the molecule is CCCC1CCN(c2ccc(C#N)cc2)C1. The Morgan fingerprint density at radius 2 is 2.12 bits per heavy atom. The van der Waals surface area contributed by atoms with Gasteiger partial charge in [-0.15, -0.1) is 0 Å². The topological polar surface area (TPSA) is 27.0 Å². The molecule has 0 aromatic heterocycles. The number of hydrogen-bond donors (Lipinski definition) is 0. The highest BCUT2D eigenvalue weighted by Crippen LogP contribution is 2.26. The molecule has 2 nitrogen and oxygen atoms in total.